The first-order valence-corrected chi connectivity index (χ1v) is 5.60. The lowest BCUT2D eigenvalue weighted by Gasteiger charge is -2.12. The Morgan fingerprint density at radius 3 is 2.80 bits per heavy atom. The van der Waals surface area contributed by atoms with Crippen LogP contribution in [0.25, 0.3) is 0 Å². The molecule has 0 heterocycles. The molecule has 1 atom stereocenters. The number of esters is 1. The first kappa shape index (κ1) is 12.2. The van der Waals surface area contributed by atoms with Crippen molar-refractivity contribution < 1.29 is 9.53 Å². The summed E-state index contributed by atoms with van der Waals surface area (Å²) in [5, 5.41) is 0. The fourth-order valence-electron chi connectivity index (χ4n) is 1.29. The molecule has 0 aliphatic heterocycles. The molecule has 0 aliphatic carbocycles. The Balaban J connectivity index is 2.65. The maximum Gasteiger partial charge on any atom is 0.307 e. The van der Waals surface area contributed by atoms with Gasteiger partial charge in [0.1, 0.15) is 0 Å². The summed E-state index contributed by atoms with van der Waals surface area (Å²) >= 11 is 3.39. The number of rotatable bonds is 4. The molecule has 0 saturated carbocycles. The predicted octanol–water partition coefficient (Wildman–Crippen LogP) is 2.40. The minimum Gasteiger partial charge on any atom is -0.466 e. The van der Waals surface area contributed by atoms with Crippen LogP contribution in [0.3, 0.4) is 0 Å². The van der Waals surface area contributed by atoms with Crippen LogP contribution in [0.15, 0.2) is 28.7 Å². The van der Waals surface area contributed by atoms with Gasteiger partial charge >= 0.3 is 5.97 Å². The number of hydrogen-bond donors (Lipinski definition) is 1. The monoisotopic (exact) mass is 271 g/mol. The second-order valence-corrected chi connectivity index (χ2v) is 3.99. The molecule has 1 rings (SSSR count). The quantitative estimate of drug-likeness (QED) is 0.856. The number of hydrogen-bond acceptors (Lipinski definition) is 3. The van der Waals surface area contributed by atoms with E-state index in [0.29, 0.717) is 6.61 Å². The van der Waals surface area contributed by atoms with Crippen LogP contribution in [-0.2, 0) is 9.53 Å². The molecule has 1 aromatic carbocycles. The number of halogens is 1. The predicted molar refractivity (Wildman–Crippen MR) is 62.3 cm³/mol. The summed E-state index contributed by atoms with van der Waals surface area (Å²) in [4.78, 5) is 11.2. The van der Waals surface area contributed by atoms with Gasteiger partial charge in [0.2, 0.25) is 0 Å². The highest BCUT2D eigenvalue weighted by Crippen LogP contribution is 2.23. The second-order valence-electron chi connectivity index (χ2n) is 3.14. The molecular formula is C11H14BrNO2. The molecule has 3 nitrogen and oxygen atoms in total. The highest BCUT2D eigenvalue weighted by molar-refractivity contribution is 9.10. The van der Waals surface area contributed by atoms with E-state index >= 15 is 0 Å². The molecule has 0 bridgehead atoms. The lowest BCUT2D eigenvalue weighted by Crippen LogP contribution is -2.17. The van der Waals surface area contributed by atoms with Crippen molar-refractivity contribution >= 4 is 21.9 Å². The molecule has 0 aromatic heterocycles. The topological polar surface area (TPSA) is 52.3 Å². The minimum atomic E-state index is -0.320. The van der Waals surface area contributed by atoms with E-state index in [1.54, 1.807) is 6.92 Å². The molecule has 0 aliphatic rings. The van der Waals surface area contributed by atoms with E-state index in [0.717, 1.165) is 10.0 Å². The normalized spacial score (nSPS) is 12.2. The van der Waals surface area contributed by atoms with Gasteiger partial charge in [0, 0.05) is 10.5 Å². The number of benzene rings is 1. The summed E-state index contributed by atoms with van der Waals surface area (Å²) in [7, 11) is 0. The standard InChI is InChI=1S/C11H14BrNO2/c1-2-15-11(14)7-10(13)8-5-3-4-6-9(8)12/h3-6,10H,2,7,13H2,1H3. The van der Waals surface area contributed by atoms with Crippen molar-refractivity contribution in [2.45, 2.75) is 19.4 Å². The second kappa shape index (κ2) is 5.88. The van der Waals surface area contributed by atoms with Crippen molar-refractivity contribution in [3.8, 4) is 0 Å². The maximum atomic E-state index is 11.2. The summed E-state index contributed by atoms with van der Waals surface area (Å²) in [6.07, 6.45) is 0.205. The Morgan fingerprint density at radius 1 is 1.53 bits per heavy atom. The largest absolute Gasteiger partial charge is 0.466 e. The van der Waals surface area contributed by atoms with Crippen molar-refractivity contribution in [1.29, 1.82) is 0 Å². The average molecular weight is 272 g/mol. The Morgan fingerprint density at radius 2 is 2.20 bits per heavy atom. The maximum absolute atomic E-state index is 11.2. The van der Waals surface area contributed by atoms with Crippen LogP contribution >= 0.6 is 15.9 Å². The Kier molecular flexibility index (Phi) is 4.78. The van der Waals surface area contributed by atoms with Gasteiger partial charge in [-0.25, -0.2) is 0 Å². The Hall–Kier alpha value is -0.870. The van der Waals surface area contributed by atoms with Gasteiger partial charge in [-0.15, -0.1) is 0 Å². The fraction of sp³-hybridized carbons (Fsp3) is 0.364. The van der Waals surface area contributed by atoms with Crippen LogP contribution in [0.1, 0.15) is 24.9 Å². The van der Waals surface area contributed by atoms with Crippen molar-refractivity contribution in [3.63, 3.8) is 0 Å². The van der Waals surface area contributed by atoms with E-state index in [1.165, 1.54) is 0 Å². The van der Waals surface area contributed by atoms with Gasteiger partial charge in [-0.2, -0.15) is 0 Å². The van der Waals surface area contributed by atoms with Crippen molar-refractivity contribution in [3.05, 3.63) is 34.3 Å². The molecule has 2 N–H and O–H groups in total. The third kappa shape index (κ3) is 3.64. The molecule has 0 fully saturated rings. The molecule has 4 heteroatoms. The zero-order valence-electron chi connectivity index (χ0n) is 8.57. The molecule has 82 valence electrons. The van der Waals surface area contributed by atoms with Crippen LogP contribution in [0, 0.1) is 0 Å². The van der Waals surface area contributed by atoms with Crippen LogP contribution < -0.4 is 5.73 Å². The highest BCUT2D eigenvalue weighted by Gasteiger charge is 2.14. The molecule has 0 spiro atoms. The van der Waals surface area contributed by atoms with Gasteiger partial charge < -0.3 is 10.5 Å². The van der Waals surface area contributed by atoms with Crippen LogP contribution in [0.5, 0.6) is 0 Å². The summed E-state index contributed by atoms with van der Waals surface area (Å²) < 4.78 is 5.76. The summed E-state index contributed by atoms with van der Waals surface area (Å²) in [6, 6.07) is 7.28. The van der Waals surface area contributed by atoms with E-state index in [9.17, 15) is 4.79 Å². The van der Waals surface area contributed by atoms with E-state index in [2.05, 4.69) is 15.9 Å². The lowest BCUT2D eigenvalue weighted by molar-refractivity contribution is -0.143. The molecule has 1 aromatic rings. The van der Waals surface area contributed by atoms with Gasteiger partial charge in [-0.1, -0.05) is 34.1 Å². The first-order chi connectivity index (χ1) is 7.15. The number of carbonyl (C=O) groups is 1. The van der Waals surface area contributed by atoms with Gasteiger partial charge in [0.05, 0.1) is 13.0 Å². The molecule has 15 heavy (non-hydrogen) atoms. The van der Waals surface area contributed by atoms with E-state index in [1.807, 2.05) is 24.3 Å². The summed E-state index contributed by atoms with van der Waals surface area (Å²) in [5.41, 5.74) is 6.82. The van der Waals surface area contributed by atoms with Crippen molar-refractivity contribution in [2.75, 3.05) is 6.61 Å². The van der Waals surface area contributed by atoms with Gasteiger partial charge in [-0.3, -0.25) is 4.79 Å². The number of ether oxygens (including phenoxy) is 1. The Bertz CT molecular complexity index is 341. The van der Waals surface area contributed by atoms with Crippen LogP contribution in [-0.4, -0.2) is 12.6 Å². The molecule has 0 radical (unpaired) electrons. The minimum absolute atomic E-state index is 0.205. The SMILES string of the molecule is CCOC(=O)CC(N)c1ccccc1Br. The van der Waals surface area contributed by atoms with E-state index < -0.39 is 0 Å². The zero-order valence-corrected chi connectivity index (χ0v) is 10.2. The molecule has 1 unspecified atom stereocenters. The summed E-state index contributed by atoms with van der Waals surface area (Å²) in [6.45, 7) is 2.17. The van der Waals surface area contributed by atoms with Crippen molar-refractivity contribution in [1.82, 2.24) is 0 Å². The molecule has 0 amide bonds. The van der Waals surface area contributed by atoms with Gasteiger partial charge in [0.15, 0.2) is 0 Å². The van der Waals surface area contributed by atoms with Crippen LogP contribution in [0.2, 0.25) is 0 Å². The number of carbonyl (C=O) groups excluding carboxylic acids is 1. The fourth-order valence-corrected chi connectivity index (χ4v) is 1.86. The Labute approximate surface area is 97.7 Å². The smallest absolute Gasteiger partial charge is 0.307 e. The molecule has 0 saturated heterocycles. The first-order valence-electron chi connectivity index (χ1n) is 4.80. The third-order valence-corrected chi connectivity index (χ3v) is 2.72. The lowest BCUT2D eigenvalue weighted by atomic mass is 10.1. The van der Waals surface area contributed by atoms with Gasteiger partial charge in [-0.05, 0) is 18.6 Å². The average Bonchev–Trinajstić information content (AvgIpc) is 2.18. The van der Waals surface area contributed by atoms with E-state index in [-0.39, 0.29) is 18.4 Å². The third-order valence-electron chi connectivity index (χ3n) is 2.00. The number of nitrogens with two attached hydrogens (primary N) is 1. The van der Waals surface area contributed by atoms with Crippen molar-refractivity contribution in [2.24, 2.45) is 5.73 Å². The summed E-state index contributed by atoms with van der Waals surface area (Å²) in [5.74, 6) is -0.263. The molecular weight excluding hydrogens is 258 g/mol. The highest BCUT2D eigenvalue weighted by atomic mass is 79.9. The van der Waals surface area contributed by atoms with Gasteiger partial charge in [0.25, 0.3) is 0 Å². The zero-order chi connectivity index (χ0) is 11.3. The van der Waals surface area contributed by atoms with E-state index in [4.69, 9.17) is 10.5 Å². The van der Waals surface area contributed by atoms with Crippen LogP contribution in [0.4, 0.5) is 0 Å².